The molecular formula is C22H22O7. The molecule has 0 saturated carbocycles. The molecule has 0 saturated heterocycles. The van der Waals surface area contributed by atoms with Crippen molar-refractivity contribution < 1.29 is 28.2 Å². The summed E-state index contributed by atoms with van der Waals surface area (Å²) in [5.41, 5.74) is 0.00716. The van der Waals surface area contributed by atoms with Crippen molar-refractivity contribution in [3.63, 3.8) is 0 Å². The van der Waals surface area contributed by atoms with E-state index in [4.69, 9.17) is 23.4 Å². The fourth-order valence-electron chi connectivity index (χ4n) is 2.58. The fourth-order valence-corrected chi connectivity index (χ4v) is 2.58. The molecule has 152 valence electrons. The predicted octanol–water partition coefficient (Wildman–Crippen LogP) is 4.31. The van der Waals surface area contributed by atoms with E-state index in [0.29, 0.717) is 34.8 Å². The maximum atomic E-state index is 12.7. The molecule has 0 amide bonds. The molecule has 0 radical (unpaired) electrons. The van der Waals surface area contributed by atoms with Gasteiger partial charge >= 0.3 is 5.97 Å². The molecule has 0 fully saturated rings. The fraction of sp³-hybridized carbons (Fsp3) is 0.273. The van der Waals surface area contributed by atoms with E-state index in [9.17, 15) is 9.59 Å². The highest BCUT2D eigenvalue weighted by atomic mass is 16.6. The van der Waals surface area contributed by atoms with Crippen LogP contribution >= 0.6 is 0 Å². The lowest BCUT2D eigenvalue weighted by molar-refractivity contribution is -0.151. The smallest absolute Gasteiger partial charge is 0.347 e. The molecule has 3 rings (SSSR count). The molecule has 1 atom stereocenters. The normalized spacial score (nSPS) is 11.7. The molecule has 0 bridgehead atoms. The minimum Gasteiger partial charge on any atom is -0.497 e. The van der Waals surface area contributed by atoms with E-state index in [0.717, 1.165) is 6.42 Å². The second-order valence-corrected chi connectivity index (χ2v) is 6.29. The van der Waals surface area contributed by atoms with Gasteiger partial charge in [0.05, 0.1) is 19.1 Å². The first kappa shape index (κ1) is 20.3. The SMILES string of the molecule is CCCOC(=O)[C@H](C)Oc1ccc2c(=O)c(Oc3ccc(OC)cc3)coc2c1. The van der Waals surface area contributed by atoms with Gasteiger partial charge < -0.3 is 23.4 Å². The number of rotatable bonds is 8. The van der Waals surface area contributed by atoms with Gasteiger partial charge in [-0.25, -0.2) is 4.79 Å². The molecule has 7 heteroatoms. The van der Waals surface area contributed by atoms with Crippen molar-refractivity contribution >= 4 is 16.9 Å². The van der Waals surface area contributed by atoms with Crippen LogP contribution in [0.15, 0.2) is 57.9 Å². The van der Waals surface area contributed by atoms with Crippen LogP contribution < -0.4 is 19.6 Å². The Bertz CT molecular complexity index is 1040. The van der Waals surface area contributed by atoms with Gasteiger partial charge in [0.2, 0.25) is 11.2 Å². The molecule has 0 aliphatic heterocycles. The number of fused-ring (bicyclic) bond motifs is 1. The summed E-state index contributed by atoms with van der Waals surface area (Å²) in [4.78, 5) is 24.5. The van der Waals surface area contributed by atoms with Crippen molar-refractivity contribution in [2.24, 2.45) is 0 Å². The molecule has 7 nitrogen and oxygen atoms in total. The van der Waals surface area contributed by atoms with Gasteiger partial charge in [0.15, 0.2) is 6.10 Å². The van der Waals surface area contributed by atoms with E-state index in [1.54, 1.807) is 56.5 Å². The summed E-state index contributed by atoms with van der Waals surface area (Å²) in [5, 5.41) is 0.338. The van der Waals surface area contributed by atoms with E-state index in [1.165, 1.54) is 6.26 Å². The third kappa shape index (κ3) is 4.87. The molecule has 1 aromatic heterocycles. The minimum atomic E-state index is -0.775. The molecule has 3 aromatic rings. The number of hydrogen-bond acceptors (Lipinski definition) is 7. The van der Waals surface area contributed by atoms with Gasteiger partial charge in [-0.05, 0) is 49.7 Å². The van der Waals surface area contributed by atoms with Crippen molar-refractivity contribution in [1.29, 1.82) is 0 Å². The molecule has 0 aliphatic carbocycles. The average Bonchev–Trinajstić information content (AvgIpc) is 2.74. The monoisotopic (exact) mass is 398 g/mol. The lowest BCUT2D eigenvalue weighted by Crippen LogP contribution is -2.26. The Morgan fingerprint density at radius 3 is 2.45 bits per heavy atom. The van der Waals surface area contributed by atoms with Crippen LogP contribution in [0.3, 0.4) is 0 Å². The van der Waals surface area contributed by atoms with Crippen LogP contribution in [-0.2, 0) is 9.53 Å². The number of carbonyl (C=O) groups excluding carboxylic acids is 1. The van der Waals surface area contributed by atoms with Gasteiger partial charge in [-0.3, -0.25) is 4.79 Å². The Balaban J connectivity index is 1.78. The molecule has 2 aromatic carbocycles. The number of ether oxygens (including phenoxy) is 4. The minimum absolute atomic E-state index is 0.0628. The van der Waals surface area contributed by atoms with Crippen molar-refractivity contribution in [3.8, 4) is 23.0 Å². The standard InChI is InChI=1S/C22H22O7/c1-4-11-26-22(24)14(2)28-17-9-10-18-19(12-17)27-13-20(21(18)23)29-16-7-5-15(25-3)6-8-16/h5-10,12-14H,4,11H2,1-3H3/t14-/m0/s1. The summed E-state index contributed by atoms with van der Waals surface area (Å²) < 4.78 is 26.9. The quantitative estimate of drug-likeness (QED) is 0.523. The lowest BCUT2D eigenvalue weighted by Gasteiger charge is -2.14. The van der Waals surface area contributed by atoms with Crippen LogP contribution in [0.2, 0.25) is 0 Å². The van der Waals surface area contributed by atoms with E-state index >= 15 is 0 Å². The highest BCUT2D eigenvalue weighted by Crippen LogP contribution is 2.25. The highest BCUT2D eigenvalue weighted by molar-refractivity contribution is 5.79. The van der Waals surface area contributed by atoms with Gasteiger partial charge in [-0.2, -0.15) is 0 Å². The summed E-state index contributed by atoms with van der Waals surface area (Å²) in [6.07, 6.45) is 1.21. The third-order valence-electron chi connectivity index (χ3n) is 4.09. The molecule has 0 spiro atoms. The number of benzene rings is 2. The Morgan fingerprint density at radius 2 is 1.76 bits per heavy atom. The van der Waals surface area contributed by atoms with Gasteiger partial charge in [-0.1, -0.05) is 6.92 Å². The summed E-state index contributed by atoms with van der Waals surface area (Å²) in [7, 11) is 1.57. The zero-order valence-corrected chi connectivity index (χ0v) is 16.5. The van der Waals surface area contributed by atoms with E-state index in [2.05, 4.69) is 0 Å². The van der Waals surface area contributed by atoms with Crippen LogP contribution in [0.1, 0.15) is 20.3 Å². The Kier molecular flexibility index (Phi) is 6.39. The first-order chi connectivity index (χ1) is 14.0. The lowest BCUT2D eigenvalue weighted by atomic mass is 10.2. The Hall–Kier alpha value is -3.48. The third-order valence-corrected chi connectivity index (χ3v) is 4.09. The maximum Gasteiger partial charge on any atom is 0.347 e. The van der Waals surface area contributed by atoms with Crippen LogP contribution in [0.25, 0.3) is 11.0 Å². The number of hydrogen-bond donors (Lipinski definition) is 0. The van der Waals surface area contributed by atoms with Crippen LogP contribution in [0, 0.1) is 0 Å². The van der Waals surface area contributed by atoms with Crippen LogP contribution in [-0.4, -0.2) is 25.8 Å². The summed E-state index contributed by atoms with van der Waals surface area (Å²) in [6.45, 7) is 3.86. The first-order valence-electron chi connectivity index (χ1n) is 9.22. The number of methoxy groups -OCH3 is 1. The molecule has 29 heavy (non-hydrogen) atoms. The molecule has 0 unspecified atom stereocenters. The Labute approximate surface area is 167 Å². The van der Waals surface area contributed by atoms with Crippen molar-refractivity contribution in [1.82, 2.24) is 0 Å². The Morgan fingerprint density at radius 1 is 1.07 bits per heavy atom. The second kappa shape index (κ2) is 9.14. The number of esters is 1. The van der Waals surface area contributed by atoms with Gasteiger partial charge in [0.25, 0.3) is 0 Å². The van der Waals surface area contributed by atoms with E-state index < -0.39 is 12.1 Å². The van der Waals surface area contributed by atoms with Gasteiger partial charge in [0, 0.05) is 6.07 Å². The van der Waals surface area contributed by atoms with Crippen LogP contribution in [0.4, 0.5) is 0 Å². The van der Waals surface area contributed by atoms with E-state index in [-0.39, 0.29) is 11.2 Å². The zero-order valence-electron chi connectivity index (χ0n) is 16.5. The molecule has 0 aliphatic rings. The van der Waals surface area contributed by atoms with Crippen molar-refractivity contribution in [3.05, 3.63) is 59.0 Å². The van der Waals surface area contributed by atoms with Gasteiger partial charge in [0.1, 0.15) is 29.1 Å². The molecular weight excluding hydrogens is 376 g/mol. The van der Waals surface area contributed by atoms with Gasteiger partial charge in [-0.15, -0.1) is 0 Å². The number of carbonyl (C=O) groups is 1. The zero-order chi connectivity index (χ0) is 20.8. The first-order valence-corrected chi connectivity index (χ1v) is 9.22. The molecule has 1 heterocycles. The predicted molar refractivity (Wildman–Crippen MR) is 107 cm³/mol. The largest absolute Gasteiger partial charge is 0.497 e. The second-order valence-electron chi connectivity index (χ2n) is 6.29. The summed E-state index contributed by atoms with van der Waals surface area (Å²) in [5.74, 6) is 1.18. The maximum absolute atomic E-state index is 12.7. The van der Waals surface area contributed by atoms with Crippen LogP contribution in [0.5, 0.6) is 23.0 Å². The summed E-state index contributed by atoms with van der Waals surface area (Å²) >= 11 is 0. The van der Waals surface area contributed by atoms with Crippen molar-refractivity contribution in [2.45, 2.75) is 26.4 Å². The highest BCUT2D eigenvalue weighted by Gasteiger charge is 2.17. The summed E-state index contributed by atoms with van der Waals surface area (Å²) in [6, 6.07) is 11.6. The van der Waals surface area contributed by atoms with E-state index in [1.807, 2.05) is 6.92 Å². The topological polar surface area (TPSA) is 84.2 Å². The molecule has 0 N–H and O–H groups in total. The average molecular weight is 398 g/mol. The van der Waals surface area contributed by atoms with Crippen molar-refractivity contribution in [2.75, 3.05) is 13.7 Å².